The number of thioether (sulfide) groups is 1. The van der Waals surface area contributed by atoms with Crippen LogP contribution >= 0.6 is 11.8 Å². The number of urea groups is 1. The van der Waals surface area contributed by atoms with E-state index >= 15 is 0 Å². The van der Waals surface area contributed by atoms with Crippen LogP contribution in [0.25, 0.3) is 0 Å². The number of hydrogen-bond donors (Lipinski definition) is 2. The lowest BCUT2D eigenvalue weighted by molar-refractivity contribution is -0.116. The minimum absolute atomic E-state index is 0.00104. The normalized spacial score (nSPS) is 25.7. The number of hydrogen-bond acceptors (Lipinski definition) is 6. The van der Waals surface area contributed by atoms with E-state index in [1.807, 2.05) is 6.26 Å². The molecular weight excluding hydrogens is 510 g/mol. The molecule has 5 rings (SSSR count). The predicted octanol–water partition coefficient (Wildman–Crippen LogP) is 4.43. The van der Waals surface area contributed by atoms with Gasteiger partial charge < -0.3 is 15.1 Å². The Kier molecular flexibility index (Phi) is 8.05. The lowest BCUT2D eigenvalue weighted by Crippen LogP contribution is -2.56. The molecule has 2 saturated carbocycles. The minimum atomic E-state index is -0.235. The molecule has 210 valence electrons. The Labute approximate surface area is 235 Å². The molecule has 2 aliphatic carbocycles. The molecule has 1 aliphatic heterocycles. The van der Waals surface area contributed by atoms with Crippen molar-refractivity contribution in [3.8, 4) is 0 Å². The van der Waals surface area contributed by atoms with Gasteiger partial charge in [0.05, 0.1) is 11.1 Å². The Morgan fingerprint density at radius 2 is 1.95 bits per heavy atom. The van der Waals surface area contributed by atoms with Gasteiger partial charge in [-0.15, -0.1) is 11.8 Å². The van der Waals surface area contributed by atoms with E-state index in [2.05, 4.69) is 74.7 Å². The van der Waals surface area contributed by atoms with Crippen molar-refractivity contribution in [3.63, 3.8) is 0 Å². The second-order valence-corrected chi connectivity index (χ2v) is 12.3. The number of nitrogens with zero attached hydrogens (tertiary/aromatic N) is 5. The zero-order valence-electron chi connectivity index (χ0n) is 23.6. The highest BCUT2D eigenvalue weighted by Gasteiger charge is 2.55. The molecule has 9 nitrogen and oxygen atoms in total. The smallest absolute Gasteiger partial charge is 0.317 e. The van der Waals surface area contributed by atoms with E-state index in [0.29, 0.717) is 18.3 Å². The molecule has 39 heavy (non-hydrogen) atoms. The number of carbonyl (C=O) groups is 2. The van der Waals surface area contributed by atoms with E-state index in [9.17, 15) is 9.59 Å². The second-order valence-electron chi connectivity index (χ2n) is 11.5. The Balaban J connectivity index is 1.34. The first-order valence-corrected chi connectivity index (χ1v) is 15.2. The van der Waals surface area contributed by atoms with Gasteiger partial charge in [0.2, 0.25) is 5.91 Å². The van der Waals surface area contributed by atoms with Gasteiger partial charge in [0.25, 0.3) is 0 Å². The quantitative estimate of drug-likeness (QED) is 0.355. The molecule has 3 fully saturated rings. The molecule has 3 amide bonds. The van der Waals surface area contributed by atoms with Gasteiger partial charge in [0.15, 0.2) is 0 Å². The number of aromatic nitrogens is 2. The summed E-state index contributed by atoms with van der Waals surface area (Å²) in [7, 11) is 6.03. The van der Waals surface area contributed by atoms with Crippen LogP contribution in [0.1, 0.15) is 56.1 Å². The van der Waals surface area contributed by atoms with Crippen LogP contribution in [0, 0.1) is 5.92 Å². The first-order chi connectivity index (χ1) is 18.8. The molecule has 0 radical (unpaired) electrons. The van der Waals surface area contributed by atoms with Crippen molar-refractivity contribution in [2.45, 2.75) is 61.0 Å². The standard InChI is InChI=1S/C29H41N7O2S/c1-30-17-23-25(32-33-26(23)39-4)31-24(37)19-35-20-28(36(27(35)38)18-21-9-8-10-21)13-15-29(16-14-28,34(2)3)22-11-6-5-7-12-22/h5-7,11-12,17,21H,8-10,13-16,18-20H2,1-4H3,(H2,31,32,33,37). The van der Waals surface area contributed by atoms with Crippen molar-refractivity contribution in [1.82, 2.24) is 24.9 Å². The topological polar surface area (TPSA) is 96.9 Å². The molecule has 1 spiro atoms. The van der Waals surface area contributed by atoms with Crippen molar-refractivity contribution in [1.29, 1.82) is 0 Å². The summed E-state index contributed by atoms with van der Waals surface area (Å²) in [4.78, 5) is 37.4. The van der Waals surface area contributed by atoms with E-state index in [-0.39, 0.29) is 29.6 Å². The van der Waals surface area contributed by atoms with Crippen LogP contribution in [0.3, 0.4) is 0 Å². The van der Waals surface area contributed by atoms with Crippen LogP contribution in [0.2, 0.25) is 0 Å². The number of carbonyl (C=O) groups excluding carboxylic acids is 2. The van der Waals surface area contributed by atoms with Gasteiger partial charge in [-0.25, -0.2) is 4.79 Å². The highest BCUT2D eigenvalue weighted by Crippen LogP contribution is 2.49. The maximum Gasteiger partial charge on any atom is 0.321 e. The molecule has 3 aliphatic rings. The largest absolute Gasteiger partial charge is 0.321 e. The summed E-state index contributed by atoms with van der Waals surface area (Å²) in [6, 6.07) is 10.8. The van der Waals surface area contributed by atoms with E-state index in [1.165, 1.54) is 36.6 Å². The first kappa shape index (κ1) is 27.7. The van der Waals surface area contributed by atoms with Crippen LogP contribution < -0.4 is 5.32 Å². The zero-order chi connectivity index (χ0) is 27.6. The van der Waals surface area contributed by atoms with Crippen molar-refractivity contribution >= 4 is 35.7 Å². The lowest BCUT2D eigenvalue weighted by Gasteiger charge is -2.51. The Bertz CT molecular complexity index is 1200. The highest BCUT2D eigenvalue weighted by atomic mass is 32.2. The molecule has 0 bridgehead atoms. The summed E-state index contributed by atoms with van der Waals surface area (Å²) in [6.07, 6.45) is 11.0. The minimum Gasteiger partial charge on any atom is -0.317 e. The molecule has 1 aromatic carbocycles. The molecule has 1 aromatic heterocycles. The monoisotopic (exact) mass is 551 g/mol. The molecular formula is C29H41N7O2S. The van der Waals surface area contributed by atoms with Gasteiger partial charge in [-0.3, -0.25) is 19.8 Å². The van der Waals surface area contributed by atoms with E-state index in [1.54, 1.807) is 18.2 Å². The second kappa shape index (κ2) is 11.3. The molecule has 2 aromatic rings. The van der Waals surface area contributed by atoms with Crippen LogP contribution in [0.15, 0.2) is 40.4 Å². The number of nitrogens with one attached hydrogen (secondary N) is 2. The molecule has 2 N–H and O–H groups in total. The van der Waals surface area contributed by atoms with Crippen molar-refractivity contribution in [2.75, 3.05) is 52.3 Å². The third-order valence-electron chi connectivity index (χ3n) is 9.22. The van der Waals surface area contributed by atoms with Crippen LogP contribution in [-0.4, -0.2) is 95.6 Å². The van der Waals surface area contributed by atoms with Gasteiger partial charge in [-0.2, -0.15) is 5.10 Å². The predicted molar refractivity (Wildman–Crippen MR) is 157 cm³/mol. The van der Waals surface area contributed by atoms with Crippen LogP contribution in [-0.2, 0) is 10.3 Å². The summed E-state index contributed by atoms with van der Waals surface area (Å²) in [6.45, 7) is 1.41. The molecule has 10 heteroatoms. The Morgan fingerprint density at radius 3 is 2.54 bits per heavy atom. The van der Waals surface area contributed by atoms with E-state index in [0.717, 1.165) is 42.8 Å². The summed E-state index contributed by atoms with van der Waals surface area (Å²) in [5, 5.41) is 10.9. The van der Waals surface area contributed by atoms with Crippen molar-refractivity contribution in [3.05, 3.63) is 41.5 Å². The van der Waals surface area contributed by atoms with Gasteiger partial charge >= 0.3 is 6.03 Å². The van der Waals surface area contributed by atoms with Gasteiger partial charge in [0.1, 0.15) is 17.4 Å². The van der Waals surface area contributed by atoms with Gasteiger partial charge in [-0.05, 0) is 70.4 Å². The number of amides is 3. The third-order valence-corrected chi connectivity index (χ3v) is 9.92. The Hall–Kier alpha value is -2.85. The summed E-state index contributed by atoms with van der Waals surface area (Å²) in [5.41, 5.74) is 1.81. The molecule has 1 saturated heterocycles. The maximum absolute atomic E-state index is 13.8. The summed E-state index contributed by atoms with van der Waals surface area (Å²) in [5.74, 6) is 0.854. The van der Waals surface area contributed by atoms with E-state index < -0.39 is 0 Å². The van der Waals surface area contributed by atoms with Gasteiger partial charge in [-0.1, -0.05) is 36.8 Å². The van der Waals surface area contributed by atoms with Crippen molar-refractivity contribution in [2.24, 2.45) is 10.9 Å². The fourth-order valence-corrected chi connectivity index (χ4v) is 7.21. The van der Waals surface area contributed by atoms with Crippen LogP contribution in [0.4, 0.5) is 10.6 Å². The van der Waals surface area contributed by atoms with Gasteiger partial charge in [0, 0.05) is 31.9 Å². The number of H-pyrrole nitrogens is 1. The van der Waals surface area contributed by atoms with Crippen molar-refractivity contribution < 1.29 is 9.59 Å². The summed E-state index contributed by atoms with van der Waals surface area (Å²) < 4.78 is 0. The SMILES string of the molecule is CN=Cc1c(SC)n[nH]c1NC(=O)CN1CC2(CCC(c3ccccc3)(N(C)C)CC2)N(CC2CCC2)C1=O. The number of aliphatic imine (C=N–C) groups is 1. The van der Waals surface area contributed by atoms with E-state index in [4.69, 9.17) is 0 Å². The number of rotatable bonds is 9. The number of benzene rings is 1. The average Bonchev–Trinajstić information content (AvgIpc) is 3.40. The third kappa shape index (κ3) is 5.20. The lowest BCUT2D eigenvalue weighted by atomic mass is 9.68. The average molecular weight is 552 g/mol. The summed E-state index contributed by atoms with van der Waals surface area (Å²) >= 11 is 1.49. The first-order valence-electron chi connectivity index (χ1n) is 14.0. The maximum atomic E-state index is 13.8. The molecule has 2 heterocycles. The highest BCUT2D eigenvalue weighted by molar-refractivity contribution is 7.98. The fraction of sp³-hybridized carbons (Fsp3) is 0.586. The zero-order valence-corrected chi connectivity index (χ0v) is 24.4. The van der Waals surface area contributed by atoms with Crippen LogP contribution in [0.5, 0.6) is 0 Å². The Morgan fingerprint density at radius 1 is 1.23 bits per heavy atom. The number of aromatic amines is 1. The fourth-order valence-electron chi connectivity index (χ4n) is 6.70. The molecule has 0 atom stereocenters. The number of anilines is 1. The molecule has 0 unspecified atom stereocenters.